The van der Waals surface area contributed by atoms with Crippen LogP contribution in [-0.4, -0.2) is 36.0 Å². The predicted octanol–water partition coefficient (Wildman–Crippen LogP) is 2.26. The number of alkyl halides is 3. The third-order valence-corrected chi connectivity index (χ3v) is 2.53. The van der Waals surface area contributed by atoms with Crippen molar-refractivity contribution in [3.05, 3.63) is 29.3 Å². The number of carboxylic acids is 1. The molecule has 116 valence electrons. The predicted molar refractivity (Wildman–Crippen MR) is 68.7 cm³/mol. The van der Waals surface area contributed by atoms with E-state index in [1.54, 1.807) is 0 Å². The van der Waals surface area contributed by atoms with Crippen molar-refractivity contribution < 1.29 is 37.3 Å². The lowest BCUT2D eigenvalue weighted by atomic mass is 10.1. The van der Waals surface area contributed by atoms with Crippen LogP contribution in [0.25, 0.3) is 0 Å². The number of thiol groups is 1. The molecule has 0 aromatic heterocycles. The molecule has 1 rings (SSSR count). The van der Waals surface area contributed by atoms with Gasteiger partial charge in [0.05, 0.1) is 11.3 Å². The van der Waals surface area contributed by atoms with Crippen LogP contribution in [-0.2, 0) is 15.7 Å². The van der Waals surface area contributed by atoms with Gasteiger partial charge in [0.15, 0.2) is 0 Å². The van der Waals surface area contributed by atoms with Gasteiger partial charge in [-0.25, -0.2) is 4.79 Å². The molecule has 0 aliphatic carbocycles. The summed E-state index contributed by atoms with van der Waals surface area (Å²) in [6.45, 7) is -0.504. The molecule has 0 radical (unpaired) electrons. The summed E-state index contributed by atoms with van der Waals surface area (Å²) in [7, 11) is 0. The first-order chi connectivity index (χ1) is 9.75. The highest BCUT2D eigenvalue weighted by Crippen LogP contribution is 2.33. The Morgan fingerprint density at radius 1 is 1.24 bits per heavy atom. The number of carboxylic acid groups (broad SMARTS) is 1. The average molecular weight is 324 g/mol. The first kappa shape index (κ1) is 17.2. The van der Waals surface area contributed by atoms with Gasteiger partial charge in [-0.3, -0.25) is 4.79 Å². The zero-order chi connectivity index (χ0) is 16.0. The number of ether oxygens (including phenoxy) is 2. The van der Waals surface area contributed by atoms with E-state index < -0.39 is 35.0 Å². The summed E-state index contributed by atoms with van der Waals surface area (Å²) in [5.74, 6) is -2.64. The molecule has 0 aliphatic heterocycles. The lowest BCUT2D eigenvalue weighted by Gasteiger charge is -2.12. The summed E-state index contributed by atoms with van der Waals surface area (Å²) >= 11 is 3.66. The topological polar surface area (TPSA) is 72.8 Å². The molecule has 21 heavy (non-hydrogen) atoms. The van der Waals surface area contributed by atoms with E-state index in [9.17, 15) is 22.8 Å². The van der Waals surface area contributed by atoms with Crippen molar-refractivity contribution in [2.24, 2.45) is 0 Å². The minimum atomic E-state index is -4.62. The minimum absolute atomic E-state index is 0.149. The van der Waals surface area contributed by atoms with Crippen molar-refractivity contribution in [3.8, 4) is 5.75 Å². The minimum Gasteiger partial charge on any atom is -0.489 e. The van der Waals surface area contributed by atoms with Crippen LogP contribution in [0.3, 0.4) is 0 Å². The molecule has 0 saturated heterocycles. The first-order valence-electron chi connectivity index (χ1n) is 5.59. The number of carbonyl (C=O) groups excluding carboxylic acids is 1. The monoisotopic (exact) mass is 324 g/mol. The van der Waals surface area contributed by atoms with Crippen LogP contribution < -0.4 is 4.74 Å². The highest BCUT2D eigenvalue weighted by Gasteiger charge is 2.31. The molecule has 0 spiro atoms. The zero-order valence-corrected chi connectivity index (χ0v) is 11.4. The standard InChI is InChI=1S/C12H11F3O5S/c13-12(14,15)7-1-2-8(11(17)18)9(5-7)19-3-4-20-10(16)6-21/h1-2,5,21H,3-4,6H2,(H,17,18). The quantitative estimate of drug-likeness (QED) is 0.477. The molecule has 9 heteroatoms. The van der Waals surface area contributed by atoms with E-state index in [0.717, 1.165) is 6.07 Å². The molecule has 0 fully saturated rings. The van der Waals surface area contributed by atoms with E-state index in [2.05, 4.69) is 17.4 Å². The van der Waals surface area contributed by atoms with Gasteiger partial charge in [0.25, 0.3) is 0 Å². The third kappa shape index (κ3) is 5.18. The summed E-state index contributed by atoms with van der Waals surface area (Å²) in [5, 5.41) is 8.89. The molecule has 0 unspecified atom stereocenters. The lowest BCUT2D eigenvalue weighted by molar-refractivity contribution is -0.141. The smallest absolute Gasteiger partial charge is 0.416 e. The fourth-order valence-electron chi connectivity index (χ4n) is 1.35. The second-order valence-electron chi connectivity index (χ2n) is 3.74. The molecule has 5 nitrogen and oxygen atoms in total. The van der Waals surface area contributed by atoms with Gasteiger partial charge in [-0.2, -0.15) is 25.8 Å². The van der Waals surface area contributed by atoms with Crippen LogP contribution in [0, 0.1) is 0 Å². The van der Waals surface area contributed by atoms with Crippen LogP contribution >= 0.6 is 12.6 Å². The molecule has 0 saturated carbocycles. The van der Waals surface area contributed by atoms with Crippen LogP contribution in [0.2, 0.25) is 0 Å². The molecule has 0 aliphatic rings. The summed E-state index contributed by atoms with van der Waals surface area (Å²) in [4.78, 5) is 21.7. The maximum atomic E-state index is 12.6. The Morgan fingerprint density at radius 2 is 1.90 bits per heavy atom. The molecule has 1 aromatic rings. The van der Waals surface area contributed by atoms with Gasteiger partial charge in [-0.05, 0) is 18.2 Å². The summed E-state index contributed by atoms with van der Waals surface area (Å²) in [6, 6.07) is 2.04. The second-order valence-corrected chi connectivity index (χ2v) is 4.06. The summed E-state index contributed by atoms with van der Waals surface area (Å²) in [6.07, 6.45) is -4.62. The fraction of sp³-hybridized carbons (Fsp3) is 0.333. The first-order valence-corrected chi connectivity index (χ1v) is 6.22. The van der Waals surface area contributed by atoms with E-state index in [0.29, 0.717) is 12.1 Å². The molecule has 0 atom stereocenters. The maximum absolute atomic E-state index is 12.6. The van der Waals surface area contributed by atoms with Gasteiger partial charge in [0.1, 0.15) is 24.5 Å². The van der Waals surface area contributed by atoms with Crippen molar-refractivity contribution in [2.45, 2.75) is 6.18 Å². The largest absolute Gasteiger partial charge is 0.489 e. The molecular weight excluding hydrogens is 313 g/mol. The SMILES string of the molecule is O=C(CS)OCCOc1cc(C(F)(F)F)ccc1C(=O)O. The number of aromatic carboxylic acids is 1. The van der Waals surface area contributed by atoms with Crippen molar-refractivity contribution in [3.63, 3.8) is 0 Å². The normalized spacial score (nSPS) is 11.0. The molecule has 1 aromatic carbocycles. The van der Waals surface area contributed by atoms with Crippen molar-refractivity contribution in [1.29, 1.82) is 0 Å². The number of esters is 1. The van der Waals surface area contributed by atoms with E-state index in [4.69, 9.17) is 9.84 Å². The number of hydrogen-bond donors (Lipinski definition) is 2. The fourth-order valence-corrected chi connectivity index (χ4v) is 1.44. The van der Waals surface area contributed by atoms with E-state index >= 15 is 0 Å². The number of halogens is 3. The third-order valence-electron chi connectivity index (χ3n) is 2.27. The van der Waals surface area contributed by atoms with Gasteiger partial charge < -0.3 is 14.6 Å². The Kier molecular flexibility index (Phi) is 5.89. The maximum Gasteiger partial charge on any atom is 0.416 e. The molecular formula is C12H11F3O5S. The Bertz CT molecular complexity index is 530. The van der Waals surface area contributed by atoms with Crippen LogP contribution in [0.1, 0.15) is 15.9 Å². The molecule has 1 N–H and O–H groups in total. The second kappa shape index (κ2) is 7.21. The van der Waals surface area contributed by atoms with Crippen LogP contribution in [0.5, 0.6) is 5.75 Å². The Labute approximate surface area is 123 Å². The Hall–Kier alpha value is -1.90. The summed E-state index contributed by atoms with van der Waals surface area (Å²) < 4.78 is 47.2. The van der Waals surface area contributed by atoms with Gasteiger partial charge in [0.2, 0.25) is 0 Å². The highest BCUT2D eigenvalue weighted by molar-refractivity contribution is 7.81. The van der Waals surface area contributed by atoms with Gasteiger partial charge in [-0.1, -0.05) is 0 Å². The highest BCUT2D eigenvalue weighted by atomic mass is 32.1. The van der Waals surface area contributed by atoms with Crippen LogP contribution in [0.15, 0.2) is 18.2 Å². The van der Waals surface area contributed by atoms with E-state index in [1.807, 2.05) is 0 Å². The van der Waals surface area contributed by atoms with Crippen molar-refractivity contribution >= 4 is 24.6 Å². The number of hydrogen-bond acceptors (Lipinski definition) is 5. The molecule has 0 bridgehead atoms. The van der Waals surface area contributed by atoms with Crippen molar-refractivity contribution in [1.82, 2.24) is 0 Å². The van der Waals surface area contributed by atoms with Crippen LogP contribution in [0.4, 0.5) is 13.2 Å². The Morgan fingerprint density at radius 3 is 2.43 bits per heavy atom. The lowest BCUT2D eigenvalue weighted by Crippen LogP contribution is -2.15. The molecule has 0 amide bonds. The van der Waals surface area contributed by atoms with Crippen molar-refractivity contribution in [2.75, 3.05) is 19.0 Å². The number of carbonyl (C=O) groups is 2. The number of benzene rings is 1. The van der Waals surface area contributed by atoms with Gasteiger partial charge >= 0.3 is 18.1 Å². The van der Waals surface area contributed by atoms with Gasteiger partial charge in [0, 0.05) is 0 Å². The van der Waals surface area contributed by atoms with E-state index in [-0.39, 0.29) is 19.0 Å². The average Bonchev–Trinajstić information content (AvgIpc) is 2.41. The number of rotatable bonds is 6. The van der Waals surface area contributed by atoms with Gasteiger partial charge in [-0.15, -0.1) is 0 Å². The summed E-state index contributed by atoms with van der Waals surface area (Å²) in [5.41, 5.74) is -1.45. The zero-order valence-electron chi connectivity index (χ0n) is 10.5. The molecule has 0 heterocycles. The Balaban J connectivity index is 2.82. The van der Waals surface area contributed by atoms with E-state index in [1.165, 1.54) is 0 Å².